The molecule has 0 saturated carbocycles. The van der Waals surface area contributed by atoms with E-state index in [1.54, 1.807) is 11.8 Å². The Labute approximate surface area is 90.0 Å². The minimum atomic E-state index is 0.135. The van der Waals surface area contributed by atoms with E-state index in [2.05, 4.69) is 22.0 Å². The number of nitrogens with two attached hydrogens (primary N) is 1. The average molecular weight is 260 g/mol. The molecule has 0 fully saturated rings. The largest absolute Gasteiger partial charge is 0.491 e. The molecule has 4 heteroatoms. The van der Waals surface area contributed by atoms with Crippen LogP contribution in [0.5, 0.6) is 5.75 Å². The van der Waals surface area contributed by atoms with Crippen molar-refractivity contribution in [1.82, 2.24) is 0 Å². The number of rotatable bonds is 0. The highest BCUT2D eigenvalue weighted by molar-refractivity contribution is 9.10. The molecule has 0 aliphatic carbocycles. The summed E-state index contributed by atoms with van der Waals surface area (Å²) in [5.74, 6) is 1.87. The van der Waals surface area contributed by atoms with E-state index in [1.165, 1.54) is 4.90 Å². The van der Waals surface area contributed by atoms with Crippen LogP contribution in [0.15, 0.2) is 27.6 Å². The van der Waals surface area contributed by atoms with Gasteiger partial charge in [-0.1, -0.05) is 15.9 Å². The molecule has 1 aromatic rings. The van der Waals surface area contributed by atoms with Crippen LogP contribution < -0.4 is 10.5 Å². The van der Waals surface area contributed by atoms with E-state index in [0.717, 1.165) is 16.0 Å². The van der Waals surface area contributed by atoms with Gasteiger partial charge in [-0.3, -0.25) is 0 Å². The molecular weight excluding hydrogens is 250 g/mol. The maximum atomic E-state index is 5.79. The van der Waals surface area contributed by atoms with Crippen LogP contribution in [-0.2, 0) is 0 Å². The van der Waals surface area contributed by atoms with Crippen molar-refractivity contribution in [1.29, 1.82) is 0 Å². The number of benzene rings is 1. The third kappa shape index (κ3) is 2.18. The number of hydrogen-bond donors (Lipinski definition) is 1. The second-order valence-electron chi connectivity index (χ2n) is 2.97. The van der Waals surface area contributed by atoms with E-state index in [9.17, 15) is 0 Å². The number of halogens is 1. The second-order valence-corrected chi connectivity index (χ2v) is 4.95. The van der Waals surface area contributed by atoms with E-state index < -0.39 is 0 Å². The van der Waals surface area contributed by atoms with Gasteiger partial charge in [0.15, 0.2) is 0 Å². The van der Waals surface area contributed by atoms with Crippen LogP contribution in [0.4, 0.5) is 0 Å². The predicted octanol–water partition coefficient (Wildman–Crippen LogP) is 2.26. The molecule has 0 amide bonds. The van der Waals surface area contributed by atoms with Crippen LogP contribution in [0.25, 0.3) is 0 Å². The van der Waals surface area contributed by atoms with Crippen LogP contribution in [0.1, 0.15) is 0 Å². The average Bonchev–Trinajstić information content (AvgIpc) is 2.29. The molecule has 0 aromatic heterocycles. The Bertz CT molecular complexity index is 318. The molecule has 1 aromatic carbocycles. The lowest BCUT2D eigenvalue weighted by molar-refractivity contribution is 0.295. The first-order valence-corrected chi connectivity index (χ1v) is 5.84. The predicted molar refractivity (Wildman–Crippen MR) is 58.3 cm³/mol. The van der Waals surface area contributed by atoms with Gasteiger partial charge in [-0.25, -0.2) is 0 Å². The molecule has 1 aliphatic heterocycles. The number of thioether (sulfide) groups is 1. The molecule has 2 rings (SSSR count). The maximum Gasteiger partial charge on any atom is 0.133 e. The van der Waals surface area contributed by atoms with Gasteiger partial charge in [-0.15, -0.1) is 11.8 Å². The summed E-state index contributed by atoms with van der Waals surface area (Å²) >= 11 is 5.18. The van der Waals surface area contributed by atoms with Crippen molar-refractivity contribution in [3.8, 4) is 5.75 Å². The van der Waals surface area contributed by atoms with Gasteiger partial charge in [0.1, 0.15) is 12.4 Å². The first-order chi connectivity index (χ1) is 6.25. The summed E-state index contributed by atoms with van der Waals surface area (Å²) in [7, 11) is 0. The van der Waals surface area contributed by atoms with Crippen LogP contribution in [0, 0.1) is 0 Å². The molecule has 1 aliphatic rings. The van der Waals surface area contributed by atoms with E-state index in [0.29, 0.717) is 6.61 Å². The van der Waals surface area contributed by atoms with Crippen molar-refractivity contribution in [3.05, 3.63) is 22.7 Å². The van der Waals surface area contributed by atoms with Crippen molar-refractivity contribution in [3.63, 3.8) is 0 Å². The lowest BCUT2D eigenvalue weighted by atomic mass is 10.3. The molecule has 0 saturated heterocycles. The lowest BCUT2D eigenvalue weighted by Gasteiger charge is -2.06. The second kappa shape index (κ2) is 3.90. The Balaban J connectivity index is 2.30. The highest BCUT2D eigenvalue weighted by Gasteiger charge is 2.14. The fourth-order valence-corrected chi connectivity index (χ4v) is 2.64. The quantitative estimate of drug-likeness (QED) is 0.777. The Morgan fingerprint density at radius 2 is 2.38 bits per heavy atom. The summed E-state index contributed by atoms with van der Waals surface area (Å²) in [5, 5.41) is 0. The molecule has 1 atom stereocenters. The van der Waals surface area contributed by atoms with Crippen LogP contribution >= 0.6 is 27.7 Å². The minimum Gasteiger partial charge on any atom is -0.491 e. The van der Waals surface area contributed by atoms with Crippen LogP contribution in [0.2, 0.25) is 0 Å². The van der Waals surface area contributed by atoms with Gasteiger partial charge in [0.05, 0.1) is 4.90 Å². The normalized spacial score (nSPS) is 21.5. The Morgan fingerprint density at radius 3 is 3.23 bits per heavy atom. The zero-order valence-electron chi connectivity index (χ0n) is 7.00. The zero-order chi connectivity index (χ0) is 9.26. The molecule has 0 spiro atoms. The zero-order valence-corrected chi connectivity index (χ0v) is 9.40. The van der Waals surface area contributed by atoms with Gasteiger partial charge in [0.2, 0.25) is 0 Å². The monoisotopic (exact) mass is 259 g/mol. The number of hydrogen-bond acceptors (Lipinski definition) is 3. The highest BCUT2D eigenvalue weighted by atomic mass is 79.9. The molecule has 2 N–H and O–H groups in total. The minimum absolute atomic E-state index is 0.135. The van der Waals surface area contributed by atoms with E-state index in [-0.39, 0.29) is 6.04 Å². The molecule has 0 bridgehead atoms. The first-order valence-electron chi connectivity index (χ1n) is 4.06. The maximum absolute atomic E-state index is 5.79. The smallest absolute Gasteiger partial charge is 0.133 e. The summed E-state index contributed by atoms with van der Waals surface area (Å²) in [5.41, 5.74) is 5.79. The molecule has 2 nitrogen and oxygen atoms in total. The molecule has 0 unspecified atom stereocenters. The lowest BCUT2D eigenvalue weighted by Crippen LogP contribution is -2.28. The van der Waals surface area contributed by atoms with Crippen molar-refractivity contribution in [2.45, 2.75) is 10.9 Å². The topological polar surface area (TPSA) is 35.2 Å². The third-order valence-corrected chi connectivity index (χ3v) is 3.53. The fraction of sp³-hybridized carbons (Fsp3) is 0.333. The Kier molecular flexibility index (Phi) is 2.81. The Hall–Kier alpha value is -0.190. The molecule has 0 radical (unpaired) electrons. The highest BCUT2D eigenvalue weighted by Crippen LogP contribution is 2.34. The van der Waals surface area contributed by atoms with Crippen LogP contribution in [-0.4, -0.2) is 18.4 Å². The van der Waals surface area contributed by atoms with Gasteiger partial charge in [0.25, 0.3) is 0 Å². The number of ether oxygens (including phenoxy) is 1. The van der Waals surface area contributed by atoms with Crippen molar-refractivity contribution >= 4 is 27.7 Å². The summed E-state index contributed by atoms with van der Waals surface area (Å²) in [6.45, 7) is 0.613. The van der Waals surface area contributed by atoms with Crippen molar-refractivity contribution in [2.24, 2.45) is 5.73 Å². The third-order valence-electron chi connectivity index (χ3n) is 1.81. The van der Waals surface area contributed by atoms with E-state index in [4.69, 9.17) is 10.5 Å². The number of fused-ring (bicyclic) bond motifs is 1. The van der Waals surface area contributed by atoms with E-state index >= 15 is 0 Å². The SMILES string of the molecule is N[C@@H]1COc2ccc(Br)cc2SC1. The Morgan fingerprint density at radius 1 is 1.54 bits per heavy atom. The van der Waals surface area contributed by atoms with Crippen molar-refractivity contribution < 1.29 is 4.74 Å². The van der Waals surface area contributed by atoms with Gasteiger partial charge in [0, 0.05) is 16.3 Å². The standard InChI is InChI=1S/C9H10BrNOS/c10-6-1-2-8-9(3-6)13-5-7(11)4-12-8/h1-3,7H,4-5,11H2/t7-/m1/s1. The van der Waals surface area contributed by atoms with E-state index in [1.807, 2.05) is 12.1 Å². The summed E-state index contributed by atoms with van der Waals surface area (Å²) in [6, 6.07) is 6.16. The fourth-order valence-electron chi connectivity index (χ4n) is 1.16. The van der Waals surface area contributed by atoms with Gasteiger partial charge < -0.3 is 10.5 Å². The molecule has 70 valence electrons. The summed E-state index contributed by atoms with van der Waals surface area (Å²) in [4.78, 5) is 1.17. The molecular formula is C9H10BrNOS. The van der Waals surface area contributed by atoms with Gasteiger partial charge >= 0.3 is 0 Å². The van der Waals surface area contributed by atoms with Crippen LogP contribution in [0.3, 0.4) is 0 Å². The first kappa shape index (κ1) is 9.37. The summed E-state index contributed by atoms with van der Waals surface area (Å²) < 4.78 is 6.63. The summed E-state index contributed by atoms with van der Waals surface area (Å²) in [6.07, 6.45) is 0. The molecule has 1 heterocycles. The molecule has 13 heavy (non-hydrogen) atoms. The van der Waals surface area contributed by atoms with Crippen molar-refractivity contribution in [2.75, 3.05) is 12.4 Å². The van der Waals surface area contributed by atoms with Gasteiger partial charge in [-0.05, 0) is 18.2 Å². The van der Waals surface area contributed by atoms with Gasteiger partial charge in [-0.2, -0.15) is 0 Å².